The van der Waals surface area contributed by atoms with Gasteiger partial charge in [0.05, 0.1) is 13.2 Å². The number of aromatic nitrogens is 1. The van der Waals surface area contributed by atoms with Crippen molar-refractivity contribution in [3.63, 3.8) is 0 Å². The lowest BCUT2D eigenvalue weighted by Gasteiger charge is -2.28. The Balaban J connectivity index is 2.48. The van der Waals surface area contributed by atoms with Crippen LogP contribution in [-0.4, -0.2) is 42.3 Å². The van der Waals surface area contributed by atoms with Crippen molar-refractivity contribution in [1.82, 2.24) is 9.47 Å². The summed E-state index contributed by atoms with van der Waals surface area (Å²) in [6, 6.07) is 0. The molecule has 144 valence electrons. The average Bonchev–Trinajstić information content (AvgIpc) is 2.89. The number of hydrogen-bond donors (Lipinski definition) is 0. The van der Waals surface area contributed by atoms with E-state index >= 15 is 0 Å². The summed E-state index contributed by atoms with van der Waals surface area (Å²) in [6.07, 6.45) is 0. The average molecular weight is 349 g/mol. The molecule has 1 aromatic heterocycles. The largest absolute Gasteiger partial charge is 0.379 e. The van der Waals surface area contributed by atoms with Crippen molar-refractivity contribution in [3.8, 4) is 0 Å². The summed E-state index contributed by atoms with van der Waals surface area (Å²) in [6.45, 7) is 25.1. The van der Waals surface area contributed by atoms with Gasteiger partial charge < -0.3 is 9.30 Å². The summed E-state index contributed by atoms with van der Waals surface area (Å²) in [4.78, 5) is 2.56. The van der Waals surface area contributed by atoms with Crippen LogP contribution in [0.25, 0.3) is 0 Å². The molecule has 0 aromatic carbocycles. The van der Waals surface area contributed by atoms with Gasteiger partial charge in [-0.05, 0) is 34.8 Å². The fourth-order valence-electron chi connectivity index (χ4n) is 4.46. The summed E-state index contributed by atoms with van der Waals surface area (Å²) in [5.74, 6) is 2.29. The SMILES string of the molecule is CC(C)c1c(C(C)C)c(C(C)C)n(CCN2CCOCC2)c1C(C)C. The molecule has 1 fully saturated rings. The Bertz CT molecular complexity index is 511. The van der Waals surface area contributed by atoms with Gasteiger partial charge in [0.2, 0.25) is 0 Å². The monoisotopic (exact) mass is 348 g/mol. The predicted octanol–water partition coefficient (Wildman–Crippen LogP) is 5.31. The van der Waals surface area contributed by atoms with Crippen molar-refractivity contribution >= 4 is 0 Å². The quantitative estimate of drug-likeness (QED) is 0.664. The van der Waals surface area contributed by atoms with E-state index in [1.54, 1.807) is 22.5 Å². The van der Waals surface area contributed by atoms with Gasteiger partial charge in [-0.15, -0.1) is 0 Å². The minimum Gasteiger partial charge on any atom is -0.379 e. The van der Waals surface area contributed by atoms with Crippen LogP contribution >= 0.6 is 0 Å². The standard InChI is InChI=1S/C22H40N2O/c1-15(2)19-20(16(3)4)22(18(7)8)24(21(19)17(5)6)10-9-23-11-13-25-14-12-23/h15-18H,9-14H2,1-8H3. The highest BCUT2D eigenvalue weighted by atomic mass is 16.5. The first-order valence-corrected chi connectivity index (χ1v) is 10.3. The lowest BCUT2D eigenvalue weighted by Crippen LogP contribution is -2.38. The first kappa shape index (κ1) is 20.5. The van der Waals surface area contributed by atoms with Crippen molar-refractivity contribution in [2.75, 3.05) is 32.8 Å². The van der Waals surface area contributed by atoms with Crippen LogP contribution in [0.15, 0.2) is 0 Å². The molecular weight excluding hydrogens is 308 g/mol. The number of ether oxygens (including phenoxy) is 1. The predicted molar refractivity (Wildman–Crippen MR) is 108 cm³/mol. The van der Waals surface area contributed by atoms with Crippen molar-refractivity contribution in [3.05, 3.63) is 22.5 Å². The lowest BCUT2D eigenvalue weighted by molar-refractivity contribution is 0.0362. The van der Waals surface area contributed by atoms with Gasteiger partial charge in [-0.2, -0.15) is 0 Å². The van der Waals surface area contributed by atoms with E-state index in [-0.39, 0.29) is 0 Å². The highest BCUT2D eigenvalue weighted by Crippen LogP contribution is 2.41. The normalized spacial score (nSPS) is 16.8. The molecule has 0 unspecified atom stereocenters. The topological polar surface area (TPSA) is 17.4 Å². The van der Waals surface area contributed by atoms with Crippen LogP contribution in [0, 0.1) is 0 Å². The Morgan fingerprint density at radius 2 is 1.12 bits per heavy atom. The summed E-state index contributed by atoms with van der Waals surface area (Å²) >= 11 is 0. The molecule has 0 spiro atoms. The van der Waals surface area contributed by atoms with Gasteiger partial charge in [0.15, 0.2) is 0 Å². The minimum atomic E-state index is 0.562. The van der Waals surface area contributed by atoms with Gasteiger partial charge in [-0.3, -0.25) is 4.90 Å². The molecule has 0 atom stereocenters. The second-order valence-electron chi connectivity index (χ2n) is 8.82. The van der Waals surface area contributed by atoms with E-state index in [1.165, 1.54) is 0 Å². The molecule has 1 aromatic rings. The maximum Gasteiger partial charge on any atom is 0.0594 e. The van der Waals surface area contributed by atoms with Crippen LogP contribution in [0.1, 0.15) is 102 Å². The van der Waals surface area contributed by atoms with E-state index in [1.807, 2.05) is 0 Å². The highest BCUT2D eigenvalue weighted by Gasteiger charge is 2.28. The van der Waals surface area contributed by atoms with Crippen molar-refractivity contribution in [1.29, 1.82) is 0 Å². The van der Waals surface area contributed by atoms with E-state index in [0.717, 1.165) is 39.4 Å². The smallest absolute Gasteiger partial charge is 0.0594 e. The third kappa shape index (κ3) is 4.49. The van der Waals surface area contributed by atoms with Gasteiger partial charge in [0.1, 0.15) is 0 Å². The molecule has 3 nitrogen and oxygen atoms in total. The van der Waals surface area contributed by atoms with Crippen molar-refractivity contribution in [2.45, 2.75) is 85.6 Å². The lowest BCUT2D eigenvalue weighted by atomic mass is 9.87. The van der Waals surface area contributed by atoms with Gasteiger partial charge >= 0.3 is 0 Å². The Hall–Kier alpha value is -0.800. The van der Waals surface area contributed by atoms with Gasteiger partial charge in [0, 0.05) is 37.6 Å². The van der Waals surface area contributed by atoms with E-state index in [4.69, 9.17) is 4.74 Å². The summed E-state index contributed by atoms with van der Waals surface area (Å²) < 4.78 is 8.20. The molecule has 1 saturated heterocycles. The maximum absolute atomic E-state index is 5.51. The Labute approximate surface area is 155 Å². The summed E-state index contributed by atoms with van der Waals surface area (Å²) in [5.41, 5.74) is 6.40. The molecule has 0 bridgehead atoms. The first-order chi connectivity index (χ1) is 11.8. The molecule has 1 aliphatic heterocycles. The zero-order chi connectivity index (χ0) is 18.7. The number of rotatable bonds is 7. The molecule has 0 aliphatic carbocycles. The third-order valence-electron chi connectivity index (χ3n) is 5.42. The first-order valence-electron chi connectivity index (χ1n) is 10.3. The Morgan fingerprint density at radius 3 is 1.48 bits per heavy atom. The fraction of sp³-hybridized carbons (Fsp3) is 0.818. The zero-order valence-electron chi connectivity index (χ0n) is 17.9. The van der Waals surface area contributed by atoms with Crippen LogP contribution in [0.5, 0.6) is 0 Å². The number of hydrogen-bond acceptors (Lipinski definition) is 2. The van der Waals surface area contributed by atoms with Gasteiger partial charge in [-0.25, -0.2) is 0 Å². The molecule has 25 heavy (non-hydrogen) atoms. The molecule has 2 rings (SSSR count). The van der Waals surface area contributed by atoms with E-state index < -0.39 is 0 Å². The Kier molecular flexibility index (Phi) is 7.16. The molecule has 1 aliphatic rings. The van der Waals surface area contributed by atoms with Crippen molar-refractivity contribution < 1.29 is 4.74 Å². The van der Waals surface area contributed by atoms with Crippen LogP contribution in [0.4, 0.5) is 0 Å². The molecule has 2 heterocycles. The van der Waals surface area contributed by atoms with Gasteiger partial charge in [0.25, 0.3) is 0 Å². The Morgan fingerprint density at radius 1 is 0.680 bits per heavy atom. The molecule has 0 saturated carbocycles. The summed E-state index contributed by atoms with van der Waals surface area (Å²) in [7, 11) is 0. The molecule has 0 amide bonds. The second-order valence-corrected chi connectivity index (χ2v) is 8.82. The maximum atomic E-state index is 5.51. The molecular formula is C22H40N2O. The molecule has 0 radical (unpaired) electrons. The summed E-state index contributed by atoms with van der Waals surface area (Å²) in [5, 5.41) is 0. The fourth-order valence-corrected chi connectivity index (χ4v) is 4.46. The van der Waals surface area contributed by atoms with Crippen LogP contribution in [0.3, 0.4) is 0 Å². The van der Waals surface area contributed by atoms with E-state index in [0.29, 0.717) is 23.7 Å². The number of nitrogens with zero attached hydrogens (tertiary/aromatic N) is 2. The van der Waals surface area contributed by atoms with Crippen molar-refractivity contribution in [2.24, 2.45) is 0 Å². The minimum absolute atomic E-state index is 0.562. The van der Waals surface area contributed by atoms with E-state index in [2.05, 4.69) is 64.9 Å². The third-order valence-corrected chi connectivity index (χ3v) is 5.42. The van der Waals surface area contributed by atoms with E-state index in [9.17, 15) is 0 Å². The number of morpholine rings is 1. The highest BCUT2D eigenvalue weighted by molar-refractivity contribution is 5.45. The molecule has 3 heteroatoms. The van der Waals surface area contributed by atoms with Crippen LogP contribution in [-0.2, 0) is 11.3 Å². The van der Waals surface area contributed by atoms with Crippen LogP contribution in [0.2, 0.25) is 0 Å². The van der Waals surface area contributed by atoms with Crippen LogP contribution < -0.4 is 0 Å². The zero-order valence-corrected chi connectivity index (χ0v) is 17.9. The second kappa shape index (κ2) is 8.73. The van der Waals surface area contributed by atoms with Gasteiger partial charge in [-0.1, -0.05) is 55.4 Å². The molecule has 0 N–H and O–H groups in total.